The number of aliphatic hydroxyl groups is 4. The van der Waals surface area contributed by atoms with E-state index in [1.807, 2.05) is 0 Å². The van der Waals surface area contributed by atoms with Crippen molar-refractivity contribution < 1.29 is 25.2 Å². The maximum Gasteiger partial charge on any atom is 0.183 e. The number of rotatable bonds is 1. The Hall–Kier alpha value is -0.200. The first-order valence-electron chi connectivity index (χ1n) is 3.88. The number of aliphatic hydroxyl groups excluding tert-OH is 4. The number of ether oxygens (including phenoxy) is 1. The summed E-state index contributed by atoms with van der Waals surface area (Å²) in [7, 11) is 0. The van der Waals surface area contributed by atoms with Crippen LogP contribution >= 0.6 is 0 Å². The smallest absolute Gasteiger partial charge is 0.183 e. The van der Waals surface area contributed by atoms with Crippen molar-refractivity contribution >= 4 is 0 Å². The fraction of sp³-hybridized carbons (Fsp3) is 1.00. The van der Waals surface area contributed by atoms with Gasteiger partial charge < -0.3 is 25.2 Å². The Labute approximate surface area is 70.2 Å². The molecule has 4 N–H and O–H groups in total. The molecule has 3 unspecified atom stereocenters. The Balaban J connectivity index is 2.63. The van der Waals surface area contributed by atoms with Gasteiger partial charge in [0, 0.05) is 5.92 Å². The molecule has 1 aliphatic rings. The third kappa shape index (κ3) is 1.60. The highest BCUT2D eigenvalue weighted by atomic mass is 16.6. The van der Waals surface area contributed by atoms with Crippen molar-refractivity contribution in [3.8, 4) is 0 Å². The molecular weight excluding hydrogens is 164 g/mol. The van der Waals surface area contributed by atoms with Crippen LogP contribution in [0.2, 0.25) is 0 Å². The number of hydrogen-bond acceptors (Lipinski definition) is 5. The monoisotopic (exact) mass is 178 g/mol. The highest BCUT2D eigenvalue weighted by molar-refractivity contribution is 4.85. The van der Waals surface area contributed by atoms with Crippen LogP contribution < -0.4 is 0 Å². The van der Waals surface area contributed by atoms with Crippen LogP contribution in [-0.2, 0) is 4.74 Å². The van der Waals surface area contributed by atoms with Crippen molar-refractivity contribution in [3.63, 3.8) is 0 Å². The van der Waals surface area contributed by atoms with Crippen molar-refractivity contribution in [2.24, 2.45) is 5.92 Å². The fourth-order valence-corrected chi connectivity index (χ4v) is 1.29. The molecule has 0 radical (unpaired) electrons. The Morgan fingerprint density at radius 1 is 1.17 bits per heavy atom. The Morgan fingerprint density at radius 2 is 1.75 bits per heavy atom. The molecule has 1 rings (SSSR count). The largest absolute Gasteiger partial charge is 0.394 e. The minimum Gasteiger partial charge on any atom is -0.394 e. The summed E-state index contributed by atoms with van der Waals surface area (Å²) in [4.78, 5) is 0. The van der Waals surface area contributed by atoms with E-state index in [-0.39, 0.29) is 12.5 Å². The molecule has 0 bridgehead atoms. The topological polar surface area (TPSA) is 90.2 Å². The molecule has 0 amide bonds. The Bertz CT molecular complexity index is 146. The van der Waals surface area contributed by atoms with Crippen molar-refractivity contribution in [3.05, 3.63) is 0 Å². The lowest BCUT2D eigenvalue weighted by Crippen LogP contribution is -2.54. The summed E-state index contributed by atoms with van der Waals surface area (Å²) in [6, 6.07) is 0. The van der Waals surface area contributed by atoms with Crippen LogP contribution in [-0.4, -0.2) is 51.6 Å². The molecule has 0 aromatic carbocycles. The summed E-state index contributed by atoms with van der Waals surface area (Å²) in [5.41, 5.74) is 0. The first kappa shape index (κ1) is 9.88. The van der Waals surface area contributed by atoms with Crippen LogP contribution in [0.3, 0.4) is 0 Å². The van der Waals surface area contributed by atoms with Gasteiger partial charge in [-0.15, -0.1) is 0 Å². The average Bonchev–Trinajstić information content (AvgIpc) is 2.08. The lowest BCUT2D eigenvalue weighted by Gasteiger charge is -2.38. The molecule has 72 valence electrons. The van der Waals surface area contributed by atoms with E-state index in [0.717, 1.165) is 0 Å². The van der Waals surface area contributed by atoms with Gasteiger partial charge in [0.1, 0.15) is 6.10 Å². The average molecular weight is 178 g/mol. The van der Waals surface area contributed by atoms with E-state index in [1.165, 1.54) is 0 Å². The van der Waals surface area contributed by atoms with Crippen molar-refractivity contribution in [1.82, 2.24) is 0 Å². The van der Waals surface area contributed by atoms with Crippen LogP contribution in [0, 0.1) is 5.92 Å². The van der Waals surface area contributed by atoms with Crippen LogP contribution in [0.4, 0.5) is 0 Å². The molecule has 0 spiro atoms. The second kappa shape index (κ2) is 3.68. The van der Waals surface area contributed by atoms with E-state index >= 15 is 0 Å². The Kier molecular flexibility index (Phi) is 3.03. The first-order chi connectivity index (χ1) is 5.57. The van der Waals surface area contributed by atoms with Gasteiger partial charge in [-0.25, -0.2) is 0 Å². The molecule has 0 aromatic rings. The van der Waals surface area contributed by atoms with Gasteiger partial charge in [-0.05, 0) is 0 Å². The normalized spacial score (nSPS) is 49.2. The zero-order valence-corrected chi connectivity index (χ0v) is 6.79. The predicted molar refractivity (Wildman–Crippen MR) is 39.1 cm³/mol. The molecule has 5 heteroatoms. The third-order valence-electron chi connectivity index (χ3n) is 2.26. The van der Waals surface area contributed by atoms with E-state index in [9.17, 15) is 5.11 Å². The van der Waals surface area contributed by atoms with Crippen molar-refractivity contribution in [1.29, 1.82) is 0 Å². The summed E-state index contributed by atoms with van der Waals surface area (Å²) in [6.45, 7) is 1.36. The molecule has 1 aliphatic heterocycles. The highest BCUT2D eigenvalue weighted by Crippen LogP contribution is 2.24. The molecule has 1 saturated heterocycles. The maximum atomic E-state index is 9.32. The molecule has 5 atom stereocenters. The van der Waals surface area contributed by atoms with Crippen molar-refractivity contribution in [2.75, 3.05) is 6.61 Å². The molecule has 0 saturated carbocycles. The van der Waals surface area contributed by atoms with E-state index < -0.39 is 24.6 Å². The summed E-state index contributed by atoms with van der Waals surface area (Å²) < 4.78 is 4.83. The summed E-state index contributed by atoms with van der Waals surface area (Å²) >= 11 is 0. The summed E-state index contributed by atoms with van der Waals surface area (Å²) in [6.07, 6.45) is -4.36. The van der Waals surface area contributed by atoms with Crippen LogP contribution in [0.1, 0.15) is 6.92 Å². The van der Waals surface area contributed by atoms with Gasteiger partial charge in [-0.3, -0.25) is 0 Å². The van der Waals surface area contributed by atoms with Gasteiger partial charge in [0.05, 0.1) is 18.8 Å². The maximum absolute atomic E-state index is 9.32. The minimum atomic E-state index is -1.41. The standard InChI is InChI=1S/C7H14O5/c1-3-4(2-8)12-7(11)6(10)5(3)9/h3-11H,2H2,1H3/t3?,4?,5-,6?,7+/m0/s1. The van der Waals surface area contributed by atoms with E-state index in [4.69, 9.17) is 20.1 Å². The van der Waals surface area contributed by atoms with Gasteiger partial charge in [0.25, 0.3) is 0 Å². The molecule has 12 heavy (non-hydrogen) atoms. The molecule has 1 fully saturated rings. The third-order valence-corrected chi connectivity index (χ3v) is 2.26. The van der Waals surface area contributed by atoms with E-state index in [2.05, 4.69) is 0 Å². The van der Waals surface area contributed by atoms with E-state index in [1.54, 1.807) is 6.92 Å². The number of hydrogen-bond donors (Lipinski definition) is 4. The minimum absolute atomic E-state index is 0.276. The van der Waals surface area contributed by atoms with Gasteiger partial charge in [-0.2, -0.15) is 0 Å². The fourth-order valence-electron chi connectivity index (χ4n) is 1.29. The molecule has 1 heterocycles. The molecule has 0 aromatic heterocycles. The molecule has 5 nitrogen and oxygen atoms in total. The second-order valence-corrected chi connectivity index (χ2v) is 3.09. The van der Waals surface area contributed by atoms with E-state index in [0.29, 0.717) is 0 Å². The van der Waals surface area contributed by atoms with Crippen LogP contribution in [0.15, 0.2) is 0 Å². The van der Waals surface area contributed by atoms with Crippen LogP contribution in [0.25, 0.3) is 0 Å². The predicted octanol–water partition coefficient (Wildman–Crippen LogP) is -1.95. The summed E-state index contributed by atoms with van der Waals surface area (Å²) in [5, 5.41) is 36.2. The SMILES string of the molecule is CC1C(CO)O[C@@H](O)C(O)[C@H]1O. The zero-order valence-electron chi connectivity index (χ0n) is 6.79. The molecular formula is C7H14O5. The van der Waals surface area contributed by atoms with Gasteiger partial charge in [0.2, 0.25) is 0 Å². The lowest BCUT2D eigenvalue weighted by atomic mass is 9.91. The second-order valence-electron chi connectivity index (χ2n) is 3.09. The van der Waals surface area contributed by atoms with Gasteiger partial charge in [-0.1, -0.05) is 6.92 Å². The highest BCUT2D eigenvalue weighted by Gasteiger charge is 2.40. The van der Waals surface area contributed by atoms with Gasteiger partial charge >= 0.3 is 0 Å². The summed E-state index contributed by atoms with van der Waals surface area (Å²) in [5.74, 6) is -0.381. The molecule has 0 aliphatic carbocycles. The van der Waals surface area contributed by atoms with Gasteiger partial charge in [0.15, 0.2) is 6.29 Å². The first-order valence-corrected chi connectivity index (χ1v) is 3.88. The van der Waals surface area contributed by atoms with Crippen LogP contribution in [0.5, 0.6) is 0 Å². The quantitative estimate of drug-likeness (QED) is 0.375. The van der Waals surface area contributed by atoms with Crippen molar-refractivity contribution in [2.45, 2.75) is 31.5 Å². The Morgan fingerprint density at radius 3 is 2.25 bits per heavy atom. The lowest BCUT2D eigenvalue weighted by molar-refractivity contribution is -0.271. The zero-order chi connectivity index (χ0) is 9.30.